The molecular weight excluding hydrogens is 342 g/mol. The van der Waals surface area contributed by atoms with Gasteiger partial charge in [0.2, 0.25) is 0 Å². The average molecular weight is 359 g/mol. The van der Waals surface area contributed by atoms with Gasteiger partial charge in [0.1, 0.15) is 9.96 Å². The molecule has 0 saturated heterocycles. The summed E-state index contributed by atoms with van der Waals surface area (Å²) in [5.74, 6) is 0.687. The van der Waals surface area contributed by atoms with Gasteiger partial charge in [-0.15, -0.1) is 11.3 Å². The molecule has 0 aliphatic heterocycles. The first-order valence-electron chi connectivity index (χ1n) is 7.35. The quantitative estimate of drug-likeness (QED) is 0.664. The Kier molecular flexibility index (Phi) is 4.87. The molecule has 6 heteroatoms. The van der Waals surface area contributed by atoms with E-state index in [1.54, 1.807) is 48.9 Å². The Morgan fingerprint density at radius 2 is 1.67 bits per heavy atom. The van der Waals surface area contributed by atoms with Gasteiger partial charge in [-0.3, -0.25) is 4.31 Å². The summed E-state index contributed by atoms with van der Waals surface area (Å²) in [5, 5.41) is 1.77. The maximum atomic E-state index is 13.1. The van der Waals surface area contributed by atoms with Crippen molar-refractivity contribution >= 4 is 27.0 Å². The summed E-state index contributed by atoms with van der Waals surface area (Å²) in [6, 6.07) is 20.0. The fourth-order valence-corrected chi connectivity index (χ4v) is 4.89. The Morgan fingerprint density at radius 1 is 0.958 bits per heavy atom. The number of benzene rings is 2. The number of methoxy groups -OCH3 is 1. The summed E-state index contributed by atoms with van der Waals surface area (Å²) >= 11 is 1.22. The van der Waals surface area contributed by atoms with Gasteiger partial charge in [0.15, 0.2) is 0 Å². The fraction of sp³-hybridized carbons (Fsp3) is 0.111. The molecule has 0 radical (unpaired) electrons. The van der Waals surface area contributed by atoms with Crippen molar-refractivity contribution in [2.24, 2.45) is 0 Å². The predicted molar refractivity (Wildman–Crippen MR) is 97.1 cm³/mol. The summed E-state index contributed by atoms with van der Waals surface area (Å²) in [7, 11) is -2.04. The first-order chi connectivity index (χ1) is 11.6. The highest BCUT2D eigenvalue weighted by atomic mass is 32.2. The number of hydrogen-bond acceptors (Lipinski definition) is 4. The molecule has 0 unspecified atom stereocenters. The monoisotopic (exact) mass is 359 g/mol. The van der Waals surface area contributed by atoms with Crippen LogP contribution in [0.4, 0.5) is 5.69 Å². The Balaban J connectivity index is 2.03. The van der Waals surface area contributed by atoms with Crippen LogP contribution in [0.25, 0.3) is 0 Å². The normalized spacial score (nSPS) is 11.2. The van der Waals surface area contributed by atoms with E-state index in [0.717, 1.165) is 5.56 Å². The summed E-state index contributed by atoms with van der Waals surface area (Å²) < 4.78 is 33.0. The minimum Gasteiger partial charge on any atom is -0.497 e. The van der Waals surface area contributed by atoms with Crippen LogP contribution in [0, 0.1) is 0 Å². The van der Waals surface area contributed by atoms with Crippen molar-refractivity contribution in [3.63, 3.8) is 0 Å². The van der Waals surface area contributed by atoms with Crippen LogP contribution in [0.1, 0.15) is 5.56 Å². The summed E-state index contributed by atoms with van der Waals surface area (Å²) in [6.45, 7) is 0.271. The maximum absolute atomic E-state index is 13.1. The van der Waals surface area contributed by atoms with Crippen LogP contribution in [-0.4, -0.2) is 15.5 Å². The Morgan fingerprint density at radius 3 is 2.25 bits per heavy atom. The van der Waals surface area contributed by atoms with Crippen molar-refractivity contribution in [2.45, 2.75) is 10.8 Å². The number of hydrogen-bond donors (Lipinski definition) is 0. The Labute approximate surface area is 146 Å². The molecule has 124 valence electrons. The highest BCUT2D eigenvalue weighted by molar-refractivity contribution is 7.94. The summed E-state index contributed by atoms with van der Waals surface area (Å²) in [6.07, 6.45) is 0. The lowest BCUT2D eigenvalue weighted by molar-refractivity contribution is 0.415. The largest absolute Gasteiger partial charge is 0.497 e. The van der Waals surface area contributed by atoms with Gasteiger partial charge in [-0.25, -0.2) is 8.42 Å². The summed E-state index contributed by atoms with van der Waals surface area (Å²) in [5.41, 5.74) is 1.53. The minimum atomic E-state index is -3.62. The molecule has 0 saturated carbocycles. The van der Waals surface area contributed by atoms with E-state index in [0.29, 0.717) is 15.6 Å². The molecule has 0 amide bonds. The Bertz CT molecular complexity index is 874. The highest BCUT2D eigenvalue weighted by Crippen LogP contribution is 2.29. The van der Waals surface area contributed by atoms with Crippen molar-refractivity contribution in [1.82, 2.24) is 0 Å². The lowest BCUT2D eigenvalue weighted by Crippen LogP contribution is -2.30. The number of nitrogens with zero attached hydrogens (tertiary/aromatic N) is 1. The third kappa shape index (κ3) is 3.44. The van der Waals surface area contributed by atoms with Gasteiger partial charge < -0.3 is 4.74 Å². The van der Waals surface area contributed by atoms with Crippen LogP contribution >= 0.6 is 11.3 Å². The number of thiophene rings is 1. The molecule has 0 aliphatic rings. The van der Waals surface area contributed by atoms with E-state index in [1.165, 1.54) is 15.6 Å². The third-order valence-electron chi connectivity index (χ3n) is 3.57. The topological polar surface area (TPSA) is 46.6 Å². The molecule has 2 aromatic carbocycles. The highest BCUT2D eigenvalue weighted by Gasteiger charge is 2.26. The second-order valence-electron chi connectivity index (χ2n) is 5.13. The van der Waals surface area contributed by atoms with E-state index in [4.69, 9.17) is 4.74 Å². The molecule has 4 nitrogen and oxygen atoms in total. The first kappa shape index (κ1) is 16.5. The molecule has 0 atom stereocenters. The molecule has 1 heterocycles. The summed E-state index contributed by atoms with van der Waals surface area (Å²) in [4.78, 5) is 0. The van der Waals surface area contributed by atoms with Crippen LogP contribution in [0.5, 0.6) is 5.75 Å². The zero-order valence-corrected chi connectivity index (χ0v) is 14.8. The molecule has 0 aliphatic carbocycles. The first-order valence-corrected chi connectivity index (χ1v) is 9.67. The van der Waals surface area contributed by atoms with E-state index >= 15 is 0 Å². The third-order valence-corrected chi connectivity index (χ3v) is 6.72. The SMILES string of the molecule is COc1ccc(N(Cc2ccccc2)S(=O)(=O)c2cccs2)cc1. The van der Waals surface area contributed by atoms with Gasteiger partial charge in [-0.05, 0) is 41.3 Å². The van der Waals surface area contributed by atoms with E-state index in [1.807, 2.05) is 30.3 Å². The lowest BCUT2D eigenvalue weighted by Gasteiger charge is -2.24. The van der Waals surface area contributed by atoms with Gasteiger partial charge in [0, 0.05) is 0 Å². The number of ether oxygens (including phenoxy) is 1. The van der Waals surface area contributed by atoms with Crippen molar-refractivity contribution in [2.75, 3.05) is 11.4 Å². The molecular formula is C18H17NO3S2. The van der Waals surface area contributed by atoms with Gasteiger partial charge in [-0.1, -0.05) is 36.4 Å². The average Bonchev–Trinajstić information content (AvgIpc) is 3.16. The zero-order chi connectivity index (χ0) is 17.0. The molecule has 0 bridgehead atoms. The molecule has 3 rings (SSSR count). The number of anilines is 1. The second-order valence-corrected chi connectivity index (χ2v) is 8.16. The van der Waals surface area contributed by atoms with Crippen LogP contribution < -0.4 is 9.04 Å². The molecule has 1 aromatic heterocycles. The van der Waals surface area contributed by atoms with Gasteiger partial charge in [0.25, 0.3) is 10.0 Å². The van der Waals surface area contributed by atoms with Gasteiger partial charge >= 0.3 is 0 Å². The van der Waals surface area contributed by atoms with E-state index in [9.17, 15) is 8.42 Å². The number of sulfonamides is 1. The predicted octanol–water partition coefficient (Wildman–Crippen LogP) is 4.15. The van der Waals surface area contributed by atoms with Crippen molar-refractivity contribution in [3.05, 3.63) is 77.7 Å². The standard InChI is InChI=1S/C18H17NO3S2/c1-22-17-11-9-16(10-12-17)19(14-15-6-3-2-4-7-15)24(20,21)18-8-5-13-23-18/h2-13H,14H2,1H3. The van der Waals surface area contributed by atoms with Gasteiger partial charge in [-0.2, -0.15) is 0 Å². The molecule has 3 aromatic rings. The smallest absolute Gasteiger partial charge is 0.274 e. The molecule has 24 heavy (non-hydrogen) atoms. The van der Waals surface area contributed by atoms with Crippen LogP contribution in [0.2, 0.25) is 0 Å². The van der Waals surface area contributed by atoms with Crippen LogP contribution in [-0.2, 0) is 16.6 Å². The number of rotatable bonds is 6. The minimum absolute atomic E-state index is 0.271. The fourth-order valence-electron chi connectivity index (χ4n) is 2.33. The molecule has 0 N–H and O–H groups in total. The molecule has 0 fully saturated rings. The maximum Gasteiger partial charge on any atom is 0.274 e. The van der Waals surface area contributed by atoms with Crippen molar-refractivity contribution < 1.29 is 13.2 Å². The second kappa shape index (κ2) is 7.07. The Hall–Kier alpha value is -2.31. The van der Waals surface area contributed by atoms with Crippen LogP contribution in [0.3, 0.4) is 0 Å². The van der Waals surface area contributed by atoms with E-state index in [2.05, 4.69) is 0 Å². The van der Waals surface area contributed by atoms with Gasteiger partial charge in [0.05, 0.1) is 19.3 Å². The zero-order valence-electron chi connectivity index (χ0n) is 13.1. The lowest BCUT2D eigenvalue weighted by atomic mass is 10.2. The van der Waals surface area contributed by atoms with Crippen molar-refractivity contribution in [3.8, 4) is 5.75 Å². The van der Waals surface area contributed by atoms with E-state index < -0.39 is 10.0 Å². The molecule has 0 spiro atoms. The van der Waals surface area contributed by atoms with Crippen molar-refractivity contribution in [1.29, 1.82) is 0 Å². The van der Waals surface area contributed by atoms with Crippen LogP contribution in [0.15, 0.2) is 76.3 Å². The van der Waals surface area contributed by atoms with E-state index in [-0.39, 0.29) is 6.54 Å².